The van der Waals surface area contributed by atoms with Gasteiger partial charge in [0.25, 0.3) is 6.29 Å². The van der Waals surface area contributed by atoms with Crippen molar-refractivity contribution in [3.63, 3.8) is 0 Å². The SMILES string of the molecule is CC(=O)OC(OC(C)=O)[C@]12C=C[C@H](O1)[C@@H]1C(=O)N(c3ccc(Br)cc3)C(=O)[C@@H]12. The van der Waals surface area contributed by atoms with Crippen molar-refractivity contribution < 1.29 is 33.4 Å². The first-order valence-corrected chi connectivity index (χ1v) is 9.39. The zero-order chi connectivity index (χ0) is 20.2. The van der Waals surface area contributed by atoms with Crippen molar-refractivity contribution in [2.24, 2.45) is 11.8 Å². The lowest BCUT2D eigenvalue weighted by Gasteiger charge is -2.34. The molecule has 8 nitrogen and oxygen atoms in total. The predicted molar refractivity (Wildman–Crippen MR) is 97.7 cm³/mol. The second kappa shape index (κ2) is 6.52. The molecule has 2 amide bonds. The molecule has 2 fully saturated rings. The number of carbonyl (C=O) groups is 4. The van der Waals surface area contributed by atoms with Gasteiger partial charge in [0.1, 0.15) is 0 Å². The maximum Gasteiger partial charge on any atom is 0.305 e. The number of rotatable bonds is 4. The fraction of sp³-hybridized carbons (Fsp3) is 0.368. The summed E-state index contributed by atoms with van der Waals surface area (Å²) >= 11 is 3.32. The number of halogens is 1. The fourth-order valence-corrected chi connectivity index (χ4v) is 4.33. The third kappa shape index (κ3) is 2.68. The van der Waals surface area contributed by atoms with E-state index < -0.39 is 53.6 Å². The van der Waals surface area contributed by atoms with Crippen LogP contribution in [-0.2, 0) is 33.4 Å². The van der Waals surface area contributed by atoms with E-state index in [-0.39, 0.29) is 0 Å². The predicted octanol–water partition coefficient (Wildman–Crippen LogP) is 1.71. The smallest absolute Gasteiger partial charge is 0.305 e. The van der Waals surface area contributed by atoms with Crippen molar-refractivity contribution in [1.29, 1.82) is 0 Å². The van der Waals surface area contributed by atoms with Crippen LogP contribution in [0, 0.1) is 11.8 Å². The Balaban J connectivity index is 1.74. The van der Waals surface area contributed by atoms with E-state index in [1.165, 1.54) is 0 Å². The lowest BCUT2D eigenvalue weighted by molar-refractivity contribution is -0.226. The van der Waals surface area contributed by atoms with Gasteiger partial charge in [-0.15, -0.1) is 0 Å². The number of amides is 2. The van der Waals surface area contributed by atoms with Gasteiger partial charge < -0.3 is 14.2 Å². The Hall–Kier alpha value is -2.52. The van der Waals surface area contributed by atoms with E-state index in [4.69, 9.17) is 14.2 Å². The van der Waals surface area contributed by atoms with Crippen molar-refractivity contribution in [2.45, 2.75) is 31.8 Å². The van der Waals surface area contributed by atoms with Gasteiger partial charge in [-0.05, 0) is 30.3 Å². The van der Waals surface area contributed by atoms with Crippen LogP contribution in [0.3, 0.4) is 0 Å². The maximum atomic E-state index is 13.3. The molecule has 0 unspecified atom stereocenters. The standard InChI is InChI=1S/C19H16BrNO7/c1-9(22)26-18(27-10(2)23)19-8-7-13(28-19)14-15(19)17(25)21(16(14)24)12-5-3-11(20)4-6-12/h3-8,13-15,18H,1-2H3/t13-,14-,15+,19+/m0/s1. The molecule has 0 aromatic heterocycles. The summed E-state index contributed by atoms with van der Waals surface area (Å²) in [7, 11) is 0. The van der Waals surface area contributed by atoms with Gasteiger partial charge in [-0.25, -0.2) is 4.90 Å². The van der Waals surface area contributed by atoms with Crippen molar-refractivity contribution in [2.75, 3.05) is 4.90 Å². The molecule has 0 N–H and O–H groups in total. The molecule has 4 atom stereocenters. The van der Waals surface area contributed by atoms with Gasteiger partial charge in [0.05, 0.1) is 23.6 Å². The van der Waals surface area contributed by atoms with Gasteiger partial charge in [-0.2, -0.15) is 0 Å². The van der Waals surface area contributed by atoms with Crippen LogP contribution >= 0.6 is 15.9 Å². The van der Waals surface area contributed by atoms with E-state index in [2.05, 4.69) is 15.9 Å². The summed E-state index contributed by atoms with van der Waals surface area (Å²) < 4.78 is 17.0. The number of hydrogen-bond donors (Lipinski definition) is 0. The Morgan fingerprint density at radius 3 is 2.29 bits per heavy atom. The quantitative estimate of drug-likeness (QED) is 0.298. The van der Waals surface area contributed by atoms with Crippen LogP contribution in [0.25, 0.3) is 0 Å². The number of nitrogens with zero attached hydrogens (tertiary/aromatic N) is 1. The Kier molecular flexibility index (Phi) is 4.39. The first-order valence-electron chi connectivity index (χ1n) is 8.59. The minimum absolute atomic E-state index is 0.405. The average Bonchev–Trinajstić information content (AvgIpc) is 3.26. The second-order valence-electron chi connectivity index (χ2n) is 6.84. The van der Waals surface area contributed by atoms with Gasteiger partial charge in [-0.3, -0.25) is 19.2 Å². The Morgan fingerprint density at radius 2 is 1.71 bits per heavy atom. The van der Waals surface area contributed by atoms with Crippen LogP contribution in [0.15, 0.2) is 40.9 Å². The van der Waals surface area contributed by atoms with Crippen LogP contribution in [0.4, 0.5) is 5.69 Å². The molecule has 0 radical (unpaired) electrons. The van der Waals surface area contributed by atoms with E-state index >= 15 is 0 Å². The highest BCUT2D eigenvalue weighted by atomic mass is 79.9. The number of anilines is 1. The summed E-state index contributed by atoms with van der Waals surface area (Å²) in [5, 5.41) is 0. The summed E-state index contributed by atoms with van der Waals surface area (Å²) in [4.78, 5) is 50.5. The van der Waals surface area contributed by atoms with Gasteiger partial charge >= 0.3 is 11.9 Å². The Labute approximate surface area is 168 Å². The van der Waals surface area contributed by atoms with E-state index in [0.717, 1.165) is 23.2 Å². The van der Waals surface area contributed by atoms with Gasteiger partial charge in [-0.1, -0.05) is 22.0 Å². The van der Waals surface area contributed by atoms with Crippen molar-refractivity contribution in [1.82, 2.24) is 0 Å². The number of esters is 2. The Bertz CT molecular complexity index is 895. The number of carbonyl (C=O) groups excluding carboxylic acids is 4. The van der Waals surface area contributed by atoms with Crippen molar-refractivity contribution >= 4 is 45.4 Å². The topological polar surface area (TPSA) is 99.2 Å². The van der Waals surface area contributed by atoms with Gasteiger partial charge in [0.2, 0.25) is 11.8 Å². The van der Waals surface area contributed by atoms with Crippen LogP contribution in [-0.4, -0.2) is 41.7 Å². The molecule has 2 bridgehead atoms. The number of ether oxygens (including phenoxy) is 3. The number of imide groups is 1. The molecule has 0 saturated carbocycles. The summed E-state index contributed by atoms with van der Waals surface area (Å²) in [5.41, 5.74) is -1.11. The second-order valence-corrected chi connectivity index (χ2v) is 7.75. The highest BCUT2D eigenvalue weighted by molar-refractivity contribution is 9.10. The average molecular weight is 450 g/mol. The lowest BCUT2D eigenvalue weighted by atomic mass is 9.76. The normalized spacial score (nSPS) is 30.1. The van der Waals surface area contributed by atoms with Crippen LogP contribution < -0.4 is 4.90 Å². The largest absolute Gasteiger partial charge is 0.422 e. The first kappa shape index (κ1) is 18.8. The molecule has 3 aliphatic heterocycles. The zero-order valence-electron chi connectivity index (χ0n) is 15.0. The lowest BCUT2D eigenvalue weighted by Crippen LogP contribution is -2.52. The highest BCUT2D eigenvalue weighted by Crippen LogP contribution is 2.54. The molecule has 146 valence electrons. The molecule has 3 heterocycles. The molecule has 1 aromatic rings. The molecule has 3 aliphatic rings. The van der Waals surface area contributed by atoms with E-state index in [1.54, 1.807) is 36.4 Å². The third-order valence-corrected chi connectivity index (χ3v) is 5.61. The first-order chi connectivity index (χ1) is 13.2. The molecular formula is C19H16BrNO7. The maximum absolute atomic E-state index is 13.3. The monoisotopic (exact) mass is 449 g/mol. The van der Waals surface area contributed by atoms with E-state index in [1.807, 2.05) is 0 Å². The summed E-state index contributed by atoms with van der Waals surface area (Å²) in [6.45, 7) is 2.32. The highest BCUT2D eigenvalue weighted by Gasteiger charge is 2.72. The molecule has 1 aromatic carbocycles. The van der Waals surface area contributed by atoms with Crippen LogP contribution in [0.5, 0.6) is 0 Å². The van der Waals surface area contributed by atoms with Crippen LogP contribution in [0.2, 0.25) is 0 Å². The molecular weight excluding hydrogens is 434 g/mol. The summed E-state index contributed by atoms with van der Waals surface area (Å²) in [5.74, 6) is -4.05. The summed E-state index contributed by atoms with van der Waals surface area (Å²) in [6, 6.07) is 6.76. The molecule has 0 spiro atoms. The minimum Gasteiger partial charge on any atom is -0.422 e. The number of hydrogen-bond acceptors (Lipinski definition) is 7. The van der Waals surface area contributed by atoms with Crippen LogP contribution in [0.1, 0.15) is 13.8 Å². The molecule has 9 heteroatoms. The number of fused-ring (bicyclic) bond motifs is 5. The zero-order valence-corrected chi connectivity index (χ0v) is 16.5. The van der Waals surface area contributed by atoms with Gasteiger partial charge in [0.15, 0.2) is 5.60 Å². The van der Waals surface area contributed by atoms with Gasteiger partial charge in [0, 0.05) is 18.3 Å². The van der Waals surface area contributed by atoms with E-state index in [9.17, 15) is 19.2 Å². The third-order valence-electron chi connectivity index (χ3n) is 5.08. The molecule has 0 aliphatic carbocycles. The molecule has 28 heavy (non-hydrogen) atoms. The number of benzene rings is 1. The van der Waals surface area contributed by atoms with Crippen molar-refractivity contribution in [3.05, 3.63) is 40.9 Å². The molecule has 4 rings (SSSR count). The minimum atomic E-state index is -1.54. The molecule has 2 saturated heterocycles. The van der Waals surface area contributed by atoms with E-state index in [0.29, 0.717) is 5.69 Å². The fourth-order valence-electron chi connectivity index (χ4n) is 4.06. The van der Waals surface area contributed by atoms with Crippen molar-refractivity contribution in [3.8, 4) is 0 Å². The summed E-state index contributed by atoms with van der Waals surface area (Å²) in [6.07, 6.45) is 1.04. The Morgan fingerprint density at radius 1 is 1.11 bits per heavy atom.